The summed E-state index contributed by atoms with van der Waals surface area (Å²) in [7, 11) is 2.07. The number of hydrazine groups is 1. The van der Waals surface area contributed by atoms with E-state index in [1.165, 1.54) is 25.7 Å². The number of nitrogens with one attached hydrogen (secondary N) is 2. The molecule has 0 unspecified atom stereocenters. The number of halogens is 2. The standard InChI is InChI=1S/C13H21F2N5/c1-20(9-4-2-3-5-9)7-6-17-12-10(14)8-11(15)13(18-12)19-16/h8-9H,2-7,16H2,1H3,(H2,17,18,19). The van der Waals surface area contributed by atoms with Gasteiger partial charge >= 0.3 is 0 Å². The van der Waals surface area contributed by atoms with E-state index in [4.69, 9.17) is 5.84 Å². The van der Waals surface area contributed by atoms with Gasteiger partial charge in [-0.15, -0.1) is 0 Å². The third-order valence-corrected chi connectivity index (χ3v) is 3.77. The van der Waals surface area contributed by atoms with Crippen LogP contribution in [0.1, 0.15) is 25.7 Å². The molecule has 0 saturated heterocycles. The SMILES string of the molecule is CN(CCNc1nc(NN)c(F)cc1F)C1CCCC1. The van der Waals surface area contributed by atoms with E-state index in [0.717, 1.165) is 12.6 Å². The molecule has 7 heteroatoms. The maximum atomic E-state index is 13.5. The topological polar surface area (TPSA) is 66.2 Å². The van der Waals surface area contributed by atoms with Crippen molar-refractivity contribution in [1.29, 1.82) is 0 Å². The van der Waals surface area contributed by atoms with Crippen LogP contribution in [-0.4, -0.2) is 36.1 Å². The zero-order valence-corrected chi connectivity index (χ0v) is 11.6. The van der Waals surface area contributed by atoms with Gasteiger partial charge in [-0.2, -0.15) is 0 Å². The van der Waals surface area contributed by atoms with Crippen molar-refractivity contribution >= 4 is 11.6 Å². The Bertz CT molecular complexity index is 449. The molecule has 0 amide bonds. The Hall–Kier alpha value is -1.47. The van der Waals surface area contributed by atoms with Crippen LogP contribution in [0.5, 0.6) is 0 Å². The van der Waals surface area contributed by atoms with Crippen molar-refractivity contribution in [2.24, 2.45) is 5.84 Å². The van der Waals surface area contributed by atoms with Crippen molar-refractivity contribution in [3.63, 3.8) is 0 Å². The van der Waals surface area contributed by atoms with E-state index in [1.54, 1.807) is 0 Å². The molecule has 0 atom stereocenters. The normalized spacial score (nSPS) is 15.8. The lowest BCUT2D eigenvalue weighted by atomic mass is 10.2. The number of nitrogens with zero attached hydrogens (tertiary/aromatic N) is 2. The quantitative estimate of drug-likeness (QED) is 0.550. The van der Waals surface area contributed by atoms with Gasteiger partial charge in [-0.05, 0) is 19.9 Å². The Morgan fingerprint density at radius 3 is 2.60 bits per heavy atom. The second kappa shape index (κ2) is 6.81. The van der Waals surface area contributed by atoms with Crippen LogP contribution in [0.25, 0.3) is 0 Å². The van der Waals surface area contributed by atoms with Gasteiger partial charge in [-0.3, -0.25) is 0 Å². The number of aromatic nitrogens is 1. The van der Waals surface area contributed by atoms with Gasteiger partial charge in [0, 0.05) is 25.2 Å². The second-order valence-electron chi connectivity index (χ2n) is 5.14. The zero-order valence-electron chi connectivity index (χ0n) is 11.6. The molecule has 20 heavy (non-hydrogen) atoms. The van der Waals surface area contributed by atoms with Crippen molar-refractivity contribution < 1.29 is 8.78 Å². The number of hydrogen-bond acceptors (Lipinski definition) is 5. The van der Waals surface area contributed by atoms with Crippen molar-refractivity contribution in [2.75, 3.05) is 30.9 Å². The molecule has 0 aromatic carbocycles. The van der Waals surface area contributed by atoms with Gasteiger partial charge in [0.1, 0.15) is 0 Å². The molecule has 5 nitrogen and oxygen atoms in total. The molecule has 1 heterocycles. The molecule has 0 aliphatic heterocycles. The van der Waals surface area contributed by atoms with E-state index in [2.05, 4.69) is 27.7 Å². The maximum absolute atomic E-state index is 13.5. The lowest BCUT2D eigenvalue weighted by Crippen LogP contribution is -2.33. The molecule has 1 aromatic heterocycles. The molecular formula is C13H21F2N5. The minimum Gasteiger partial charge on any atom is -0.366 e. The summed E-state index contributed by atoms with van der Waals surface area (Å²) >= 11 is 0. The molecule has 0 spiro atoms. The van der Waals surface area contributed by atoms with E-state index in [1.807, 2.05) is 0 Å². The van der Waals surface area contributed by atoms with E-state index >= 15 is 0 Å². The molecule has 1 fully saturated rings. The minimum atomic E-state index is -0.807. The van der Waals surface area contributed by atoms with Gasteiger partial charge in [0.2, 0.25) is 0 Å². The molecule has 4 N–H and O–H groups in total. The summed E-state index contributed by atoms with van der Waals surface area (Å²) in [4.78, 5) is 6.04. The number of nitrogens with two attached hydrogens (primary N) is 1. The van der Waals surface area contributed by atoms with Gasteiger partial charge in [0.25, 0.3) is 0 Å². The summed E-state index contributed by atoms with van der Waals surface area (Å²) in [5.41, 5.74) is 2.10. The first-order valence-corrected chi connectivity index (χ1v) is 6.88. The molecular weight excluding hydrogens is 264 g/mol. The van der Waals surface area contributed by atoms with E-state index in [0.29, 0.717) is 12.6 Å². The highest BCUT2D eigenvalue weighted by molar-refractivity contribution is 5.46. The smallest absolute Gasteiger partial charge is 0.178 e. The molecule has 0 bridgehead atoms. The Balaban J connectivity index is 1.87. The summed E-state index contributed by atoms with van der Waals surface area (Å²) in [6.07, 6.45) is 5.01. The summed E-state index contributed by atoms with van der Waals surface area (Å²) in [6.45, 7) is 1.33. The van der Waals surface area contributed by atoms with Gasteiger partial charge < -0.3 is 15.6 Å². The van der Waals surface area contributed by atoms with Gasteiger partial charge in [-0.25, -0.2) is 19.6 Å². The lowest BCUT2D eigenvalue weighted by Gasteiger charge is -2.24. The summed E-state index contributed by atoms with van der Waals surface area (Å²) in [6, 6.07) is 1.38. The largest absolute Gasteiger partial charge is 0.366 e. The lowest BCUT2D eigenvalue weighted by molar-refractivity contribution is 0.254. The van der Waals surface area contributed by atoms with Crippen LogP contribution in [0.2, 0.25) is 0 Å². The summed E-state index contributed by atoms with van der Waals surface area (Å²) in [5, 5.41) is 2.88. The molecule has 0 radical (unpaired) electrons. The fourth-order valence-electron chi connectivity index (χ4n) is 2.57. The highest BCUT2D eigenvalue weighted by Gasteiger charge is 2.19. The molecule has 1 saturated carbocycles. The second-order valence-corrected chi connectivity index (χ2v) is 5.14. The van der Waals surface area contributed by atoms with Crippen LogP contribution < -0.4 is 16.6 Å². The van der Waals surface area contributed by atoms with E-state index < -0.39 is 11.6 Å². The van der Waals surface area contributed by atoms with Crippen LogP contribution in [0.4, 0.5) is 20.4 Å². The first-order chi connectivity index (χ1) is 9.61. The molecule has 1 aromatic rings. The first kappa shape index (κ1) is 14.9. The Kier molecular flexibility index (Phi) is 5.08. The van der Waals surface area contributed by atoms with Crippen molar-refractivity contribution in [3.8, 4) is 0 Å². The number of nitrogen functional groups attached to an aromatic ring is 1. The zero-order chi connectivity index (χ0) is 14.5. The Labute approximate surface area is 117 Å². The Morgan fingerprint density at radius 2 is 1.95 bits per heavy atom. The fourth-order valence-corrected chi connectivity index (χ4v) is 2.57. The minimum absolute atomic E-state index is 0.0131. The highest BCUT2D eigenvalue weighted by atomic mass is 19.1. The number of likely N-dealkylation sites (N-methyl/N-ethyl adjacent to an activating group) is 1. The van der Waals surface area contributed by atoms with Crippen LogP contribution >= 0.6 is 0 Å². The number of hydrogen-bond donors (Lipinski definition) is 3. The van der Waals surface area contributed by atoms with Crippen LogP contribution in [0.3, 0.4) is 0 Å². The van der Waals surface area contributed by atoms with E-state index in [-0.39, 0.29) is 11.6 Å². The van der Waals surface area contributed by atoms with Crippen molar-refractivity contribution in [2.45, 2.75) is 31.7 Å². The average molecular weight is 285 g/mol. The van der Waals surface area contributed by atoms with Crippen molar-refractivity contribution in [3.05, 3.63) is 17.7 Å². The molecule has 1 aliphatic rings. The average Bonchev–Trinajstić information content (AvgIpc) is 2.95. The predicted octanol–water partition coefficient (Wildman–Crippen LogP) is 1.93. The van der Waals surface area contributed by atoms with Gasteiger partial charge in [-0.1, -0.05) is 12.8 Å². The van der Waals surface area contributed by atoms with E-state index in [9.17, 15) is 8.78 Å². The summed E-state index contributed by atoms with van der Waals surface area (Å²) in [5.74, 6) is 3.44. The third-order valence-electron chi connectivity index (χ3n) is 3.77. The first-order valence-electron chi connectivity index (χ1n) is 6.88. The molecule has 112 valence electrons. The van der Waals surface area contributed by atoms with Crippen LogP contribution in [0, 0.1) is 11.6 Å². The third kappa shape index (κ3) is 3.55. The fraction of sp³-hybridized carbons (Fsp3) is 0.615. The van der Waals surface area contributed by atoms with Gasteiger partial charge in [0.15, 0.2) is 23.3 Å². The van der Waals surface area contributed by atoms with Crippen LogP contribution in [0.15, 0.2) is 6.07 Å². The molecule has 1 aliphatic carbocycles. The van der Waals surface area contributed by atoms with Gasteiger partial charge in [0.05, 0.1) is 0 Å². The monoisotopic (exact) mass is 285 g/mol. The number of rotatable bonds is 6. The Morgan fingerprint density at radius 1 is 1.30 bits per heavy atom. The number of pyridine rings is 1. The molecule has 2 rings (SSSR count). The predicted molar refractivity (Wildman–Crippen MR) is 75.3 cm³/mol. The van der Waals surface area contributed by atoms with Crippen molar-refractivity contribution in [1.82, 2.24) is 9.88 Å². The maximum Gasteiger partial charge on any atom is 0.178 e. The number of anilines is 2. The highest BCUT2D eigenvalue weighted by Crippen LogP contribution is 2.22. The van der Waals surface area contributed by atoms with Crippen LogP contribution in [-0.2, 0) is 0 Å². The summed E-state index contributed by atoms with van der Waals surface area (Å²) < 4.78 is 26.7.